The Morgan fingerprint density at radius 3 is 2.33 bits per heavy atom. The van der Waals surface area contributed by atoms with Crippen LogP contribution in [-0.4, -0.2) is 15.9 Å². The van der Waals surface area contributed by atoms with E-state index in [1.54, 1.807) is 12.1 Å². The molecule has 1 saturated carbocycles. The highest BCUT2D eigenvalue weighted by Gasteiger charge is 2.28. The molecule has 0 bridgehead atoms. The monoisotopic (exact) mass is 244 g/mol. The van der Waals surface area contributed by atoms with E-state index in [9.17, 15) is 5.11 Å². The van der Waals surface area contributed by atoms with E-state index in [-0.39, 0.29) is 10.8 Å². The van der Waals surface area contributed by atoms with Crippen LogP contribution in [0.1, 0.15) is 30.7 Å². The molecule has 1 nitrogen and oxygen atoms in total. The summed E-state index contributed by atoms with van der Waals surface area (Å²) < 4.78 is 0. The second-order valence-electron chi connectivity index (χ2n) is 4.12. The lowest BCUT2D eigenvalue weighted by Crippen LogP contribution is -2.24. The van der Waals surface area contributed by atoms with E-state index < -0.39 is 0 Å². The average molecular weight is 245 g/mol. The van der Waals surface area contributed by atoms with Crippen LogP contribution in [0.5, 0.6) is 5.75 Å². The first-order valence-electron chi connectivity index (χ1n) is 5.24. The molecular weight excluding hydrogens is 231 g/mol. The molecule has 1 fully saturated rings. The lowest BCUT2D eigenvalue weighted by molar-refractivity contribution is 0.453. The van der Waals surface area contributed by atoms with Crippen LogP contribution in [0.2, 0.25) is 0 Å². The maximum absolute atomic E-state index is 9.21. The number of halogens is 2. The predicted octanol–water partition coefficient (Wildman–Crippen LogP) is 3.87. The van der Waals surface area contributed by atoms with Crippen LogP contribution >= 0.6 is 23.2 Å². The smallest absolute Gasteiger partial charge is 0.115 e. The summed E-state index contributed by atoms with van der Waals surface area (Å²) in [4.78, 5) is 0. The first-order valence-corrected chi connectivity index (χ1v) is 6.11. The number of aromatic hydroxyl groups is 1. The number of phenols is 1. The Kier molecular flexibility index (Phi) is 3.42. The molecule has 0 aliphatic heterocycles. The van der Waals surface area contributed by atoms with Crippen LogP contribution in [0.15, 0.2) is 24.3 Å². The van der Waals surface area contributed by atoms with Gasteiger partial charge in [-0.2, -0.15) is 0 Å². The van der Waals surface area contributed by atoms with Gasteiger partial charge in [0.15, 0.2) is 0 Å². The standard InChI is InChI=1S/C12H14Cl2O/c13-9-3-6-11(12(14)7-9)8-1-4-10(15)5-2-8/h1-2,4-5,9,11-12,15H,3,6-7H2. The van der Waals surface area contributed by atoms with Gasteiger partial charge in [-0.05, 0) is 37.0 Å². The molecule has 0 saturated heterocycles. The Labute approximate surface area is 100 Å². The number of hydrogen-bond acceptors (Lipinski definition) is 1. The lowest BCUT2D eigenvalue weighted by Gasteiger charge is -2.30. The van der Waals surface area contributed by atoms with Gasteiger partial charge in [0, 0.05) is 16.7 Å². The molecular formula is C12H14Cl2O. The summed E-state index contributed by atoms with van der Waals surface area (Å²) in [6, 6.07) is 7.32. The molecule has 15 heavy (non-hydrogen) atoms. The Bertz CT molecular complexity index is 323. The van der Waals surface area contributed by atoms with Crippen molar-refractivity contribution in [3.05, 3.63) is 29.8 Å². The molecule has 1 aromatic rings. The Balaban J connectivity index is 2.13. The molecule has 0 spiro atoms. The van der Waals surface area contributed by atoms with Gasteiger partial charge in [-0.3, -0.25) is 0 Å². The molecule has 0 amide bonds. The molecule has 1 N–H and O–H groups in total. The predicted molar refractivity (Wildman–Crippen MR) is 64.0 cm³/mol. The fourth-order valence-corrected chi connectivity index (χ4v) is 3.06. The summed E-state index contributed by atoms with van der Waals surface area (Å²) in [7, 11) is 0. The van der Waals surface area contributed by atoms with Gasteiger partial charge in [0.05, 0.1) is 0 Å². The molecule has 0 heterocycles. The zero-order chi connectivity index (χ0) is 10.8. The van der Waals surface area contributed by atoms with Gasteiger partial charge in [-0.15, -0.1) is 23.2 Å². The summed E-state index contributed by atoms with van der Waals surface area (Å²) in [6.07, 6.45) is 2.93. The zero-order valence-corrected chi connectivity index (χ0v) is 9.88. The summed E-state index contributed by atoms with van der Waals surface area (Å²) in [5.41, 5.74) is 1.20. The fourth-order valence-electron chi connectivity index (χ4n) is 2.16. The van der Waals surface area contributed by atoms with E-state index in [1.807, 2.05) is 12.1 Å². The van der Waals surface area contributed by atoms with Gasteiger partial charge < -0.3 is 5.11 Å². The van der Waals surface area contributed by atoms with Gasteiger partial charge in [0.2, 0.25) is 0 Å². The molecule has 0 radical (unpaired) electrons. The van der Waals surface area contributed by atoms with E-state index in [0.29, 0.717) is 11.7 Å². The lowest BCUT2D eigenvalue weighted by atomic mass is 9.83. The average Bonchev–Trinajstić information content (AvgIpc) is 2.20. The van der Waals surface area contributed by atoms with E-state index in [2.05, 4.69) is 0 Å². The van der Waals surface area contributed by atoms with Crippen molar-refractivity contribution in [2.75, 3.05) is 0 Å². The van der Waals surface area contributed by atoms with Crippen LogP contribution in [0.25, 0.3) is 0 Å². The second-order valence-corrected chi connectivity index (χ2v) is 5.30. The molecule has 3 atom stereocenters. The second kappa shape index (κ2) is 4.63. The Morgan fingerprint density at radius 2 is 1.73 bits per heavy atom. The van der Waals surface area contributed by atoms with Crippen molar-refractivity contribution in [3.63, 3.8) is 0 Å². The largest absolute Gasteiger partial charge is 0.508 e. The fraction of sp³-hybridized carbons (Fsp3) is 0.500. The van der Waals surface area contributed by atoms with Crippen molar-refractivity contribution in [2.24, 2.45) is 0 Å². The van der Waals surface area contributed by atoms with Gasteiger partial charge in [0.1, 0.15) is 5.75 Å². The number of phenolic OH excluding ortho intramolecular Hbond substituents is 1. The number of benzene rings is 1. The van der Waals surface area contributed by atoms with Crippen LogP contribution in [0.3, 0.4) is 0 Å². The Morgan fingerprint density at radius 1 is 1.07 bits per heavy atom. The topological polar surface area (TPSA) is 20.2 Å². The van der Waals surface area contributed by atoms with Crippen molar-refractivity contribution in [1.29, 1.82) is 0 Å². The van der Waals surface area contributed by atoms with E-state index in [1.165, 1.54) is 5.56 Å². The van der Waals surface area contributed by atoms with Crippen molar-refractivity contribution in [2.45, 2.75) is 35.9 Å². The number of hydrogen-bond donors (Lipinski definition) is 1. The minimum atomic E-state index is 0.116. The van der Waals surface area contributed by atoms with Gasteiger partial charge in [-0.25, -0.2) is 0 Å². The zero-order valence-electron chi connectivity index (χ0n) is 8.37. The minimum absolute atomic E-state index is 0.116. The molecule has 3 heteroatoms. The molecule has 1 aromatic carbocycles. The summed E-state index contributed by atoms with van der Waals surface area (Å²) in [6.45, 7) is 0. The number of alkyl halides is 2. The molecule has 0 aromatic heterocycles. The van der Waals surface area contributed by atoms with Crippen LogP contribution in [-0.2, 0) is 0 Å². The third-order valence-electron chi connectivity index (χ3n) is 3.03. The van der Waals surface area contributed by atoms with Crippen molar-refractivity contribution >= 4 is 23.2 Å². The summed E-state index contributed by atoms with van der Waals surface area (Å²) in [5, 5.41) is 9.55. The van der Waals surface area contributed by atoms with Gasteiger partial charge >= 0.3 is 0 Å². The molecule has 3 unspecified atom stereocenters. The molecule has 1 aliphatic carbocycles. The molecule has 1 aliphatic rings. The van der Waals surface area contributed by atoms with Crippen LogP contribution in [0, 0.1) is 0 Å². The highest BCUT2D eigenvalue weighted by atomic mass is 35.5. The highest BCUT2D eigenvalue weighted by molar-refractivity contribution is 6.24. The molecule has 82 valence electrons. The van der Waals surface area contributed by atoms with Crippen molar-refractivity contribution < 1.29 is 5.11 Å². The van der Waals surface area contributed by atoms with E-state index >= 15 is 0 Å². The Hall–Kier alpha value is -0.400. The molecule has 2 rings (SSSR count). The van der Waals surface area contributed by atoms with Gasteiger partial charge in [0.25, 0.3) is 0 Å². The third-order valence-corrected chi connectivity index (χ3v) is 3.91. The quantitative estimate of drug-likeness (QED) is 0.744. The van der Waals surface area contributed by atoms with Crippen molar-refractivity contribution in [1.82, 2.24) is 0 Å². The van der Waals surface area contributed by atoms with Crippen molar-refractivity contribution in [3.8, 4) is 5.75 Å². The third kappa shape index (κ3) is 2.59. The minimum Gasteiger partial charge on any atom is -0.508 e. The summed E-state index contributed by atoms with van der Waals surface area (Å²) >= 11 is 12.4. The van der Waals surface area contributed by atoms with E-state index in [4.69, 9.17) is 23.2 Å². The van der Waals surface area contributed by atoms with Crippen LogP contribution < -0.4 is 0 Å². The highest BCUT2D eigenvalue weighted by Crippen LogP contribution is 2.38. The van der Waals surface area contributed by atoms with Crippen LogP contribution in [0.4, 0.5) is 0 Å². The van der Waals surface area contributed by atoms with E-state index in [0.717, 1.165) is 19.3 Å². The SMILES string of the molecule is Oc1ccc(C2CCC(Cl)CC2Cl)cc1. The maximum Gasteiger partial charge on any atom is 0.115 e. The first-order chi connectivity index (χ1) is 7.16. The number of rotatable bonds is 1. The van der Waals surface area contributed by atoms with Gasteiger partial charge in [-0.1, -0.05) is 12.1 Å². The first kappa shape index (κ1) is 11.1. The maximum atomic E-state index is 9.21. The summed E-state index contributed by atoms with van der Waals surface area (Å²) in [5.74, 6) is 0.679. The normalized spacial score (nSPS) is 31.5.